The number of ether oxygens (including phenoxy) is 1. The molecule has 0 saturated heterocycles. The zero-order valence-electron chi connectivity index (χ0n) is 20.8. The summed E-state index contributed by atoms with van der Waals surface area (Å²) in [6.45, 7) is 3.43. The summed E-state index contributed by atoms with van der Waals surface area (Å²) in [5, 5.41) is 8.76. The molecule has 6 nitrogen and oxygen atoms in total. The number of unbranched alkanes of at least 4 members (excludes halogenated alkanes) is 2. The van der Waals surface area contributed by atoms with E-state index in [1.165, 1.54) is 0 Å². The summed E-state index contributed by atoms with van der Waals surface area (Å²) in [5.74, 6) is 0.294. The number of para-hydroxylation sites is 1. The highest BCUT2D eigenvalue weighted by atomic mass is 16.5. The van der Waals surface area contributed by atoms with Gasteiger partial charge in [-0.3, -0.25) is 9.59 Å². The smallest absolute Gasteiger partial charge is 0.303 e. The Morgan fingerprint density at radius 3 is 2.50 bits per heavy atom. The van der Waals surface area contributed by atoms with Crippen LogP contribution in [-0.2, 0) is 11.3 Å². The number of carboxylic acid groups (broad SMARTS) is 1. The summed E-state index contributed by atoms with van der Waals surface area (Å²) in [6.07, 6.45) is 4.55. The third kappa shape index (κ3) is 6.98. The lowest BCUT2D eigenvalue weighted by atomic mass is 10.1. The number of carbonyl (C=O) groups is 2. The number of carboxylic acids is 1. The Bertz CT molecular complexity index is 1080. The van der Waals surface area contributed by atoms with Crippen LogP contribution >= 0.6 is 0 Å². The van der Waals surface area contributed by atoms with Gasteiger partial charge in [0.05, 0.1) is 14.2 Å². The first kappa shape index (κ1) is 23.6. The lowest BCUT2D eigenvalue weighted by Crippen LogP contribution is -2.37. The fourth-order valence-corrected chi connectivity index (χ4v) is 3.56. The van der Waals surface area contributed by atoms with Crippen LogP contribution in [0.15, 0.2) is 71.3 Å². The minimum Gasteiger partial charge on any atom is -0.493 e. The van der Waals surface area contributed by atoms with Crippen LogP contribution in [0.3, 0.4) is 0 Å². The van der Waals surface area contributed by atoms with Gasteiger partial charge in [-0.1, -0.05) is 37.3 Å². The average molecular weight is 465 g/mol. The molecule has 34 heavy (non-hydrogen) atoms. The number of rotatable bonds is 13. The number of benzene rings is 2. The lowest BCUT2D eigenvalue weighted by molar-refractivity contribution is -0.137. The minimum absolute atomic E-state index is 0.153. The summed E-state index contributed by atoms with van der Waals surface area (Å²) in [7, 11) is 0. The van der Waals surface area contributed by atoms with E-state index >= 15 is 0 Å². The van der Waals surface area contributed by atoms with Crippen LogP contribution in [0.5, 0.6) is 5.75 Å². The SMILES string of the molecule is [2H]C(c1ccccc1OCCCCCC(=O)O)N(C(=O)c1ccc(-c2ccco2)cc1)C(C)CC. The van der Waals surface area contributed by atoms with Gasteiger partial charge >= 0.3 is 5.97 Å². The summed E-state index contributed by atoms with van der Waals surface area (Å²) >= 11 is 0. The summed E-state index contributed by atoms with van der Waals surface area (Å²) in [6, 6.07) is 18.1. The quantitative estimate of drug-likeness (QED) is 0.296. The van der Waals surface area contributed by atoms with Crippen molar-refractivity contribution in [1.29, 1.82) is 0 Å². The standard InChI is InChI=1S/C28H33NO5/c1-3-21(2)29(28(32)23-16-14-22(15-17-23)25-12-9-19-34-25)20-24-10-6-7-11-26(24)33-18-8-4-5-13-27(30)31/h6-7,9-12,14-17,19,21H,3-5,8,13,18,20H2,1-2H3,(H,30,31)/i20D. The topological polar surface area (TPSA) is 80.0 Å². The maximum Gasteiger partial charge on any atom is 0.303 e. The number of carbonyl (C=O) groups excluding carboxylic acids is 1. The molecule has 1 aromatic heterocycles. The van der Waals surface area contributed by atoms with Crippen molar-refractivity contribution in [2.24, 2.45) is 0 Å². The highest BCUT2D eigenvalue weighted by Crippen LogP contribution is 2.25. The lowest BCUT2D eigenvalue weighted by Gasteiger charge is -2.29. The Kier molecular flexibility index (Phi) is 8.77. The molecule has 0 aliphatic rings. The number of aliphatic carboxylic acids is 1. The third-order valence-corrected chi connectivity index (χ3v) is 5.73. The van der Waals surface area contributed by atoms with Crippen LogP contribution in [0.1, 0.15) is 63.2 Å². The first-order valence-electron chi connectivity index (χ1n) is 12.3. The summed E-state index contributed by atoms with van der Waals surface area (Å²) in [4.78, 5) is 25.8. The molecule has 2 aromatic carbocycles. The minimum atomic E-state index is -0.939. The molecule has 3 aromatic rings. The van der Waals surface area contributed by atoms with E-state index in [-0.39, 0.29) is 18.4 Å². The van der Waals surface area contributed by atoms with Crippen molar-refractivity contribution in [3.8, 4) is 17.1 Å². The Labute approximate surface area is 202 Å². The maximum atomic E-state index is 13.6. The third-order valence-electron chi connectivity index (χ3n) is 5.73. The molecular formula is C28H33NO5. The monoisotopic (exact) mass is 464 g/mol. The molecule has 1 heterocycles. The molecule has 0 bridgehead atoms. The van der Waals surface area contributed by atoms with Crippen LogP contribution in [0.25, 0.3) is 11.3 Å². The van der Waals surface area contributed by atoms with Crippen molar-refractivity contribution in [2.45, 2.75) is 58.5 Å². The molecule has 3 rings (SSSR count). The molecule has 2 atom stereocenters. The molecule has 0 aliphatic carbocycles. The first-order valence-corrected chi connectivity index (χ1v) is 11.7. The molecule has 180 valence electrons. The van der Waals surface area contributed by atoms with E-state index in [0.717, 1.165) is 24.2 Å². The summed E-state index contributed by atoms with van der Waals surface area (Å²) < 4.78 is 20.4. The molecule has 0 spiro atoms. The first-order chi connectivity index (χ1) is 16.9. The fourth-order valence-electron chi connectivity index (χ4n) is 3.56. The molecule has 0 aliphatic heterocycles. The van der Waals surface area contributed by atoms with Crippen molar-refractivity contribution < 1.29 is 25.2 Å². The maximum absolute atomic E-state index is 13.6. The van der Waals surface area contributed by atoms with Crippen LogP contribution < -0.4 is 4.74 Å². The Morgan fingerprint density at radius 2 is 1.82 bits per heavy atom. The van der Waals surface area contributed by atoms with Gasteiger partial charge < -0.3 is 19.2 Å². The van der Waals surface area contributed by atoms with Crippen LogP contribution in [-0.4, -0.2) is 34.5 Å². The predicted octanol–water partition coefficient (Wildman–Crippen LogP) is 6.41. The van der Waals surface area contributed by atoms with Gasteiger partial charge in [-0.2, -0.15) is 0 Å². The highest BCUT2D eigenvalue weighted by molar-refractivity contribution is 5.94. The molecular weight excluding hydrogens is 430 g/mol. The van der Waals surface area contributed by atoms with Crippen molar-refractivity contribution in [3.05, 3.63) is 78.1 Å². The van der Waals surface area contributed by atoms with Crippen LogP contribution in [0.4, 0.5) is 0 Å². The molecule has 1 amide bonds. The van der Waals surface area contributed by atoms with E-state index < -0.39 is 12.5 Å². The molecule has 0 radical (unpaired) electrons. The Balaban J connectivity index is 1.74. The predicted molar refractivity (Wildman–Crippen MR) is 132 cm³/mol. The average Bonchev–Trinajstić information content (AvgIpc) is 3.41. The Morgan fingerprint density at radius 1 is 1.06 bits per heavy atom. The Hall–Kier alpha value is -3.54. The van der Waals surface area contributed by atoms with Crippen LogP contribution in [0, 0.1) is 0 Å². The second kappa shape index (κ2) is 12.6. The molecule has 1 N–H and O–H groups in total. The van der Waals surface area contributed by atoms with Crippen molar-refractivity contribution in [2.75, 3.05) is 6.61 Å². The second-order valence-corrected chi connectivity index (χ2v) is 8.24. The molecule has 6 heteroatoms. The number of furan rings is 1. The van der Waals surface area contributed by atoms with Gasteiger partial charge in [0, 0.05) is 35.7 Å². The summed E-state index contributed by atoms with van der Waals surface area (Å²) in [5.41, 5.74) is 2.01. The van der Waals surface area contributed by atoms with Gasteiger partial charge in [0.1, 0.15) is 11.5 Å². The van der Waals surface area contributed by atoms with E-state index in [9.17, 15) is 9.59 Å². The van der Waals surface area contributed by atoms with Crippen molar-refractivity contribution >= 4 is 11.9 Å². The molecule has 0 fully saturated rings. The molecule has 2 unspecified atom stereocenters. The van der Waals surface area contributed by atoms with Crippen LogP contribution in [0.2, 0.25) is 0 Å². The van der Waals surface area contributed by atoms with Gasteiger partial charge in [0.15, 0.2) is 0 Å². The van der Waals surface area contributed by atoms with E-state index in [1.807, 2.05) is 62.4 Å². The van der Waals surface area contributed by atoms with E-state index in [1.54, 1.807) is 23.3 Å². The van der Waals surface area contributed by atoms with Gasteiger partial charge in [-0.05, 0) is 62.9 Å². The zero-order valence-corrected chi connectivity index (χ0v) is 19.8. The highest BCUT2D eigenvalue weighted by Gasteiger charge is 2.22. The number of nitrogens with zero attached hydrogens (tertiary/aromatic N) is 1. The van der Waals surface area contributed by atoms with Crippen molar-refractivity contribution in [3.63, 3.8) is 0 Å². The zero-order chi connectivity index (χ0) is 25.2. The largest absolute Gasteiger partial charge is 0.493 e. The van der Waals surface area contributed by atoms with Crippen molar-refractivity contribution in [1.82, 2.24) is 4.90 Å². The second-order valence-electron chi connectivity index (χ2n) is 8.24. The van der Waals surface area contributed by atoms with E-state index in [0.29, 0.717) is 36.3 Å². The van der Waals surface area contributed by atoms with Gasteiger partial charge in [-0.25, -0.2) is 0 Å². The van der Waals surface area contributed by atoms with E-state index in [4.69, 9.17) is 15.6 Å². The van der Waals surface area contributed by atoms with Gasteiger partial charge in [0.25, 0.3) is 5.91 Å². The number of amides is 1. The number of hydrogen-bond donors (Lipinski definition) is 1. The fraction of sp³-hybridized carbons (Fsp3) is 0.357. The molecule has 0 saturated carbocycles. The normalized spacial score (nSPS) is 13.1. The van der Waals surface area contributed by atoms with Gasteiger partial charge in [0.2, 0.25) is 0 Å². The number of hydrogen-bond acceptors (Lipinski definition) is 4. The van der Waals surface area contributed by atoms with E-state index in [2.05, 4.69) is 0 Å². The van der Waals surface area contributed by atoms with Gasteiger partial charge in [-0.15, -0.1) is 0 Å².